The Labute approximate surface area is 172 Å². The molecule has 0 aromatic carbocycles. The molecule has 0 aliphatic carbocycles. The molecule has 27 heavy (non-hydrogen) atoms. The summed E-state index contributed by atoms with van der Waals surface area (Å²) in [6.07, 6.45) is 16.0. The first kappa shape index (κ1) is 24.6. The van der Waals surface area contributed by atoms with Gasteiger partial charge in [-0.2, -0.15) is 0 Å². The zero-order valence-electron chi connectivity index (χ0n) is 18.3. The van der Waals surface area contributed by atoms with E-state index in [1.807, 2.05) is 6.08 Å². The number of rotatable bonds is 15. The second-order valence-corrected chi connectivity index (χ2v) is 22.1. The number of unbranched alkanes of at least 4 members (excludes halogenated alkanes) is 3. The Morgan fingerprint density at radius 3 is 2.15 bits per heavy atom. The minimum atomic E-state index is -2.61. The molecule has 1 rings (SSSR count). The first-order chi connectivity index (χ1) is 13.1. The molecule has 0 aromatic heterocycles. The van der Waals surface area contributed by atoms with Gasteiger partial charge in [-0.3, -0.25) is 0 Å². The van der Waals surface area contributed by atoms with Gasteiger partial charge < -0.3 is 0 Å². The molecule has 1 amide bonds. The van der Waals surface area contributed by atoms with Gasteiger partial charge >= 0.3 is 173 Å². The molecule has 1 saturated heterocycles. The van der Waals surface area contributed by atoms with E-state index in [1.54, 1.807) is 0 Å². The van der Waals surface area contributed by atoms with E-state index in [4.69, 9.17) is 4.74 Å². The molecule has 0 saturated carbocycles. The van der Waals surface area contributed by atoms with Crippen molar-refractivity contribution in [2.24, 2.45) is 0 Å². The first-order valence-electron chi connectivity index (χ1n) is 11.3. The molecular formula is C23H43NO2Sn. The van der Waals surface area contributed by atoms with Gasteiger partial charge in [0, 0.05) is 0 Å². The Kier molecular flexibility index (Phi) is 12.5. The van der Waals surface area contributed by atoms with Crippen molar-refractivity contribution in [3.8, 4) is 0 Å². The third kappa shape index (κ3) is 7.14. The molecule has 1 aliphatic heterocycles. The molecule has 0 aromatic rings. The van der Waals surface area contributed by atoms with E-state index in [-0.39, 0.29) is 12.1 Å². The Bertz CT molecular complexity index is 442. The number of allylic oxidation sites excluding steroid dienone is 1. The molecule has 3 nitrogen and oxygen atoms in total. The fourth-order valence-electron chi connectivity index (χ4n) is 4.61. The van der Waals surface area contributed by atoms with Crippen LogP contribution in [0.4, 0.5) is 4.79 Å². The summed E-state index contributed by atoms with van der Waals surface area (Å²) in [5.41, 5.74) is 0. The normalized spacial score (nSPS) is 18.9. The van der Waals surface area contributed by atoms with Crippen LogP contribution in [-0.4, -0.2) is 46.1 Å². The van der Waals surface area contributed by atoms with Gasteiger partial charge in [0.1, 0.15) is 0 Å². The van der Waals surface area contributed by atoms with Crippen molar-refractivity contribution in [1.29, 1.82) is 0 Å². The fourth-order valence-corrected chi connectivity index (χ4v) is 23.1. The Balaban J connectivity index is 3.32. The molecule has 0 N–H and O–H groups in total. The van der Waals surface area contributed by atoms with E-state index in [1.165, 1.54) is 51.8 Å². The van der Waals surface area contributed by atoms with Crippen molar-refractivity contribution >= 4 is 24.5 Å². The average Bonchev–Trinajstić information content (AvgIpc) is 3.03. The van der Waals surface area contributed by atoms with Gasteiger partial charge in [-0.1, -0.05) is 0 Å². The van der Waals surface area contributed by atoms with Crippen LogP contribution in [0.3, 0.4) is 0 Å². The fraction of sp³-hybridized carbons (Fsp3) is 0.783. The van der Waals surface area contributed by atoms with Gasteiger partial charge in [0.25, 0.3) is 0 Å². The molecule has 0 radical (unpaired) electrons. The monoisotopic (exact) mass is 485 g/mol. The van der Waals surface area contributed by atoms with Gasteiger partial charge in [-0.25, -0.2) is 0 Å². The second kappa shape index (κ2) is 13.7. The zero-order valence-corrected chi connectivity index (χ0v) is 21.2. The van der Waals surface area contributed by atoms with Gasteiger partial charge in [-0.15, -0.1) is 0 Å². The van der Waals surface area contributed by atoms with Crippen LogP contribution in [0.2, 0.25) is 13.3 Å². The van der Waals surface area contributed by atoms with E-state index in [0.29, 0.717) is 10.7 Å². The van der Waals surface area contributed by atoms with E-state index in [9.17, 15) is 4.79 Å². The van der Waals surface area contributed by atoms with Gasteiger partial charge in [-0.05, 0) is 0 Å². The summed E-state index contributed by atoms with van der Waals surface area (Å²) in [6.45, 7) is 13.5. The van der Waals surface area contributed by atoms with Crippen molar-refractivity contribution in [2.75, 3.05) is 6.61 Å². The van der Waals surface area contributed by atoms with Crippen molar-refractivity contribution in [3.05, 3.63) is 24.8 Å². The standard InChI is InChI=1S/C11H16NO2.3C4H9.Sn/c1-3-5-6-8-12-10(7-4-2)9-14-11(12)13;3*1-3-4-2;/h3-5,8,10H,2,6-7,9H2,1H3;3*1,3-4H2,2H3;/b5-3+;;;;/t10-;;;;/m0..../s1. The summed E-state index contributed by atoms with van der Waals surface area (Å²) < 4.78 is 10.2. The van der Waals surface area contributed by atoms with Crippen LogP contribution in [-0.2, 0) is 4.74 Å². The summed E-state index contributed by atoms with van der Waals surface area (Å²) in [4.78, 5) is 15.0. The Hall–Kier alpha value is -0.451. The molecule has 0 unspecified atom stereocenters. The van der Waals surface area contributed by atoms with Gasteiger partial charge in [0.15, 0.2) is 0 Å². The third-order valence-electron chi connectivity index (χ3n) is 6.16. The van der Waals surface area contributed by atoms with Gasteiger partial charge in [0.2, 0.25) is 0 Å². The third-order valence-corrected chi connectivity index (χ3v) is 23.2. The summed E-state index contributed by atoms with van der Waals surface area (Å²) in [7, 11) is 0. The van der Waals surface area contributed by atoms with Crippen LogP contribution in [0.1, 0.15) is 79.1 Å². The number of ether oxygens (including phenoxy) is 1. The molecule has 2 atom stereocenters. The molecule has 1 aliphatic rings. The molecular weight excluding hydrogens is 441 g/mol. The number of amides is 1. The summed E-state index contributed by atoms with van der Waals surface area (Å²) >= 11 is -2.61. The number of hydrogen-bond donors (Lipinski definition) is 0. The number of carbonyl (C=O) groups excluding carboxylic acids is 1. The predicted octanol–water partition coefficient (Wildman–Crippen LogP) is 7.11. The van der Waals surface area contributed by atoms with Crippen LogP contribution in [0, 0.1) is 0 Å². The Morgan fingerprint density at radius 1 is 1.15 bits per heavy atom. The molecule has 156 valence electrons. The van der Waals surface area contributed by atoms with Crippen LogP contribution >= 0.6 is 0 Å². The van der Waals surface area contributed by atoms with E-state index < -0.39 is 18.4 Å². The molecule has 4 heteroatoms. The topological polar surface area (TPSA) is 29.5 Å². The quantitative estimate of drug-likeness (QED) is 0.183. The number of cyclic esters (lactones) is 1. The van der Waals surface area contributed by atoms with Crippen molar-refractivity contribution < 1.29 is 9.53 Å². The molecule has 0 spiro atoms. The SMILES string of the molecule is C=CC[C@H]1COC(=O)N1[C@@H](C/C=C/C)[Sn]([CH2]CCC)([CH2]CCC)[CH2]CCC. The predicted molar refractivity (Wildman–Crippen MR) is 120 cm³/mol. The summed E-state index contributed by atoms with van der Waals surface area (Å²) in [5.74, 6) is 0. The number of carbonyl (C=O) groups is 1. The van der Waals surface area contributed by atoms with Crippen LogP contribution < -0.4 is 0 Å². The first-order valence-corrected chi connectivity index (χ1v) is 19.0. The molecule has 1 heterocycles. The minimum absolute atomic E-state index is 0.0677. The zero-order chi connectivity index (χ0) is 20.1. The van der Waals surface area contributed by atoms with E-state index >= 15 is 0 Å². The maximum absolute atomic E-state index is 12.8. The maximum atomic E-state index is 12.8. The van der Waals surface area contributed by atoms with E-state index in [2.05, 4.69) is 51.3 Å². The average molecular weight is 484 g/mol. The van der Waals surface area contributed by atoms with Crippen LogP contribution in [0.25, 0.3) is 0 Å². The molecule has 1 fully saturated rings. The van der Waals surface area contributed by atoms with Gasteiger partial charge in [0.05, 0.1) is 0 Å². The van der Waals surface area contributed by atoms with Crippen molar-refractivity contribution in [1.82, 2.24) is 4.90 Å². The summed E-state index contributed by atoms with van der Waals surface area (Å²) in [6, 6.07) is 0.186. The van der Waals surface area contributed by atoms with Crippen molar-refractivity contribution in [3.63, 3.8) is 0 Å². The van der Waals surface area contributed by atoms with Crippen molar-refractivity contribution in [2.45, 2.75) is 102 Å². The Morgan fingerprint density at radius 2 is 1.70 bits per heavy atom. The number of nitrogens with zero attached hydrogens (tertiary/aromatic N) is 1. The van der Waals surface area contributed by atoms with Crippen LogP contribution in [0.5, 0.6) is 0 Å². The molecule has 0 bridgehead atoms. The van der Waals surface area contributed by atoms with Crippen LogP contribution in [0.15, 0.2) is 24.8 Å². The van der Waals surface area contributed by atoms with E-state index in [0.717, 1.165) is 12.8 Å². The summed E-state index contributed by atoms with van der Waals surface area (Å²) in [5, 5.41) is 0. The second-order valence-electron chi connectivity index (χ2n) is 8.16. The number of hydrogen-bond acceptors (Lipinski definition) is 2.